The van der Waals surface area contributed by atoms with E-state index in [0.29, 0.717) is 5.56 Å². The summed E-state index contributed by atoms with van der Waals surface area (Å²) in [6, 6.07) is 6.16. The smallest absolute Gasteiger partial charge is 0.173 e. The van der Waals surface area contributed by atoms with Crippen LogP contribution < -0.4 is 4.74 Å². The molecule has 7 heteroatoms. The maximum absolute atomic E-state index is 14.1. The molecule has 0 spiro atoms. The van der Waals surface area contributed by atoms with E-state index < -0.39 is 29.6 Å². The molecule has 3 rings (SSSR count). The number of furan rings is 1. The van der Waals surface area contributed by atoms with Crippen LogP contribution in [-0.4, -0.2) is 44.8 Å². The van der Waals surface area contributed by atoms with E-state index >= 15 is 0 Å². The molecule has 118 valence electrons. The summed E-state index contributed by atoms with van der Waals surface area (Å²) in [6.07, 6.45) is -0.609. The zero-order valence-electron chi connectivity index (χ0n) is 11.4. The van der Waals surface area contributed by atoms with Gasteiger partial charge >= 0.3 is 0 Å². The number of aliphatic hydroxyl groups is 3. The molecule has 1 aromatic heterocycles. The lowest BCUT2D eigenvalue weighted by Gasteiger charge is -2.34. The van der Waals surface area contributed by atoms with E-state index in [-0.39, 0.29) is 11.5 Å². The monoisotopic (exact) mass is 326 g/mol. The Kier molecular flexibility index (Phi) is 4.39. The molecule has 1 aliphatic rings. The van der Waals surface area contributed by atoms with E-state index in [2.05, 4.69) is 0 Å². The van der Waals surface area contributed by atoms with Gasteiger partial charge in [0.2, 0.25) is 0 Å². The predicted molar refractivity (Wildman–Crippen MR) is 79.0 cm³/mol. The first-order valence-electron chi connectivity index (χ1n) is 6.71. The van der Waals surface area contributed by atoms with Crippen LogP contribution in [0, 0.1) is 5.82 Å². The van der Waals surface area contributed by atoms with Crippen molar-refractivity contribution in [2.75, 3.05) is 5.75 Å². The van der Waals surface area contributed by atoms with Crippen LogP contribution in [0.3, 0.4) is 0 Å². The van der Waals surface area contributed by atoms with Crippen molar-refractivity contribution in [2.24, 2.45) is 0 Å². The van der Waals surface area contributed by atoms with Gasteiger partial charge in [0, 0.05) is 11.3 Å². The topological polar surface area (TPSA) is 83.1 Å². The highest BCUT2D eigenvalue weighted by Crippen LogP contribution is 2.32. The Bertz CT molecular complexity index is 633. The van der Waals surface area contributed by atoms with Gasteiger partial charge in [0.25, 0.3) is 0 Å². The molecule has 0 bridgehead atoms. The summed E-state index contributed by atoms with van der Waals surface area (Å²) in [5, 5.41) is 29.0. The third kappa shape index (κ3) is 2.98. The van der Waals surface area contributed by atoms with Gasteiger partial charge in [-0.2, -0.15) is 0 Å². The highest BCUT2D eigenvalue weighted by molar-refractivity contribution is 7.99. The fraction of sp³-hybridized carbons (Fsp3) is 0.333. The van der Waals surface area contributed by atoms with Gasteiger partial charge in [0.05, 0.1) is 18.6 Å². The molecule has 2 aromatic rings. The van der Waals surface area contributed by atoms with Crippen molar-refractivity contribution in [3.63, 3.8) is 0 Å². The van der Waals surface area contributed by atoms with Crippen molar-refractivity contribution in [1.82, 2.24) is 0 Å². The Morgan fingerprint density at radius 1 is 1.14 bits per heavy atom. The summed E-state index contributed by atoms with van der Waals surface area (Å²) in [6.45, 7) is 0. The van der Waals surface area contributed by atoms with Crippen molar-refractivity contribution < 1.29 is 28.9 Å². The standard InChI is InChI=1S/C15H15FO5S/c16-10-5-8(9-3-4-20-6-9)1-2-12(10)21-15-14(19)13(18)11(17)7-22-15/h1-6,11,13-15,17-19H,7H2/t11-,13+,14-,15-/m1/s1. The second-order valence-corrected chi connectivity index (χ2v) is 6.16. The molecule has 22 heavy (non-hydrogen) atoms. The lowest BCUT2D eigenvalue weighted by molar-refractivity contribution is -0.0790. The minimum atomic E-state index is -1.31. The molecule has 4 atom stereocenters. The van der Waals surface area contributed by atoms with Gasteiger partial charge in [0.1, 0.15) is 12.2 Å². The highest BCUT2D eigenvalue weighted by atomic mass is 32.2. The zero-order chi connectivity index (χ0) is 15.7. The zero-order valence-corrected chi connectivity index (χ0v) is 12.2. The average Bonchev–Trinajstić information content (AvgIpc) is 3.04. The van der Waals surface area contributed by atoms with Gasteiger partial charge in [-0.3, -0.25) is 0 Å². The Morgan fingerprint density at radius 2 is 1.95 bits per heavy atom. The van der Waals surface area contributed by atoms with Crippen LogP contribution in [-0.2, 0) is 0 Å². The van der Waals surface area contributed by atoms with E-state index in [1.165, 1.54) is 24.7 Å². The highest BCUT2D eigenvalue weighted by Gasteiger charge is 2.38. The van der Waals surface area contributed by atoms with E-state index in [4.69, 9.17) is 9.15 Å². The van der Waals surface area contributed by atoms with Gasteiger partial charge in [0.15, 0.2) is 17.0 Å². The quantitative estimate of drug-likeness (QED) is 0.795. The fourth-order valence-electron chi connectivity index (χ4n) is 2.21. The molecule has 0 saturated carbocycles. The summed E-state index contributed by atoms with van der Waals surface area (Å²) < 4.78 is 24.5. The first-order valence-corrected chi connectivity index (χ1v) is 7.75. The third-order valence-corrected chi connectivity index (χ3v) is 4.72. The van der Waals surface area contributed by atoms with Gasteiger partial charge in [-0.1, -0.05) is 6.07 Å². The van der Waals surface area contributed by atoms with Crippen molar-refractivity contribution in [1.29, 1.82) is 0 Å². The number of aliphatic hydroxyl groups excluding tert-OH is 3. The summed E-state index contributed by atoms with van der Waals surface area (Å²) in [5.74, 6) is -0.392. The summed E-state index contributed by atoms with van der Waals surface area (Å²) in [7, 11) is 0. The second-order valence-electron chi connectivity index (χ2n) is 5.03. The molecule has 1 aromatic carbocycles. The normalized spacial score (nSPS) is 28.5. The SMILES string of the molecule is O[C@@H]1[C@@H](O)[C@H](Oc2ccc(-c3ccoc3)cc2F)SC[C@H]1O. The van der Waals surface area contributed by atoms with Crippen LogP contribution in [0.2, 0.25) is 0 Å². The molecule has 5 nitrogen and oxygen atoms in total. The number of thioether (sulfide) groups is 1. The lowest BCUT2D eigenvalue weighted by Crippen LogP contribution is -2.50. The predicted octanol–water partition coefficient (Wildman–Crippen LogP) is 1.62. The molecular formula is C15H15FO5S. The Labute approximate surface area is 130 Å². The minimum Gasteiger partial charge on any atom is -0.474 e. The summed E-state index contributed by atoms with van der Waals surface area (Å²) in [5.41, 5.74) is 0.551. The lowest BCUT2D eigenvalue weighted by atomic mass is 10.1. The van der Waals surface area contributed by atoms with Crippen molar-refractivity contribution in [3.8, 4) is 16.9 Å². The fourth-order valence-corrected chi connectivity index (χ4v) is 3.33. The second kappa shape index (κ2) is 6.29. The van der Waals surface area contributed by atoms with E-state index in [0.717, 1.165) is 17.3 Å². The van der Waals surface area contributed by atoms with E-state index in [1.54, 1.807) is 12.1 Å². The molecular weight excluding hydrogens is 311 g/mol. The van der Waals surface area contributed by atoms with Gasteiger partial charge in [-0.15, -0.1) is 11.8 Å². The summed E-state index contributed by atoms with van der Waals surface area (Å²) >= 11 is 1.12. The molecule has 1 saturated heterocycles. The Balaban J connectivity index is 1.76. The van der Waals surface area contributed by atoms with Crippen molar-refractivity contribution in [2.45, 2.75) is 23.7 Å². The van der Waals surface area contributed by atoms with Gasteiger partial charge in [-0.25, -0.2) is 4.39 Å². The minimum absolute atomic E-state index is 0.0209. The van der Waals surface area contributed by atoms with Crippen LogP contribution in [0.15, 0.2) is 41.2 Å². The molecule has 1 fully saturated rings. The maximum atomic E-state index is 14.1. The molecule has 1 aliphatic heterocycles. The largest absolute Gasteiger partial charge is 0.474 e. The van der Waals surface area contributed by atoms with Crippen molar-refractivity contribution in [3.05, 3.63) is 42.6 Å². The van der Waals surface area contributed by atoms with Crippen molar-refractivity contribution >= 4 is 11.8 Å². The van der Waals surface area contributed by atoms with E-state index in [1.807, 2.05) is 0 Å². The molecule has 2 heterocycles. The average molecular weight is 326 g/mol. The molecule has 0 aliphatic carbocycles. The Hall–Kier alpha value is -1.54. The number of rotatable bonds is 3. The maximum Gasteiger partial charge on any atom is 0.173 e. The van der Waals surface area contributed by atoms with E-state index in [9.17, 15) is 19.7 Å². The third-order valence-electron chi connectivity index (χ3n) is 3.48. The molecule has 0 amide bonds. The van der Waals surface area contributed by atoms with Crippen LogP contribution >= 0.6 is 11.8 Å². The summed E-state index contributed by atoms with van der Waals surface area (Å²) in [4.78, 5) is 0. The first-order chi connectivity index (χ1) is 10.6. The molecule has 0 radical (unpaired) electrons. The van der Waals surface area contributed by atoms with Gasteiger partial charge < -0.3 is 24.5 Å². The molecule has 0 unspecified atom stereocenters. The number of hydrogen-bond acceptors (Lipinski definition) is 6. The van der Waals surface area contributed by atoms with Crippen LogP contribution in [0.25, 0.3) is 11.1 Å². The number of benzene rings is 1. The number of halogens is 1. The van der Waals surface area contributed by atoms with Crippen LogP contribution in [0.5, 0.6) is 5.75 Å². The Morgan fingerprint density at radius 3 is 2.64 bits per heavy atom. The first kappa shape index (κ1) is 15.4. The van der Waals surface area contributed by atoms with Gasteiger partial charge in [-0.05, 0) is 23.8 Å². The number of ether oxygens (including phenoxy) is 1. The number of hydrogen-bond donors (Lipinski definition) is 3. The van der Waals surface area contributed by atoms with Crippen LogP contribution in [0.1, 0.15) is 0 Å². The van der Waals surface area contributed by atoms with Crippen LogP contribution in [0.4, 0.5) is 4.39 Å². The molecule has 3 N–H and O–H groups in total.